The normalized spacial score (nSPS) is 17.3. The number of amidine groups is 1. The third-order valence-electron chi connectivity index (χ3n) is 4.20. The van der Waals surface area contributed by atoms with E-state index in [1.807, 2.05) is 31.2 Å². The Bertz CT molecular complexity index is 1090. The van der Waals surface area contributed by atoms with Crippen LogP contribution in [-0.2, 0) is 21.2 Å². The summed E-state index contributed by atoms with van der Waals surface area (Å²) in [6.45, 7) is 5.82. The van der Waals surface area contributed by atoms with Gasteiger partial charge in [0.25, 0.3) is 15.9 Å². The van der Waals surface area contributed by atoms with Gasteiger partial charge in [-0.05, 0) is 59.7 Å². The van der Waals surface area contributed by atoms with Gasteiger partial charge < -0.3 is 0 Å². The maximum atomic E-state index is 12.8. The summed E-state index contributed by atoms with van der Waals surface area (Å²) in [5, 5.41) is 0.123. The molecule has 1 fully saturated rings. The fourth-order valence-electron chi connectivity index (χ4n) is 2.63. The first-order valence-corrected chi connectivity index (χ1v) is 11.9. The standard InChI is InChI=1S/C21H19BrN2O3S2/c1-3-13-24-20(25)19(14-16-5-9-17(22)10-6-16)28-21(24)23-29(26,27)18-11-7-15(4-2)8-12-18/h3,5-12,14H,1,4,13H2,2H3. The number of benzene rings is 2. The minimum atomic E-state index is -3.94. The summed E-state index contributed by atoms with van der Waals surface area (Å²) in [4.78, 5) is 14.6. The summed E-state index contributed by atoms with van der Waals surface area (Å²) in [7, 11) is -3.94. The SMILES string of the molecule is C=CCN1C(=O)C(=Cc2ccc(Br)cc2)SC1=NS(=O)(=O)c1ccc(CC)cc1. The van der Waals surface area contributed by atoms with Crippen LogP contribution in [0.4, 0.5) is 0 Å². The highest BCUT2D eigenvalue weighted by molar-refractivity contribution is 9.10. The zero-order valence-corrected chi connectivity index (χ0v) is 18.9. The van der Waals surface area contributed by atoms with Crippen LogP contribution in [0.3, 0.4) is 0 Å². The quantitative estimate of drug-likeness (QED) is 0.428. The fraction of sp³-hybridized carbons (Fsp3) is 0.143. The average Bonchev–Trinajstić information content (AvgIpc) is 2.98. The number of halogens is 1. The van der Waals surface area contributed by atoms with Gasteiger partial charge in [0.1, 0.15) is 0 Å². The van der Waals surface area contributed by atoms with E-state index in [0.717, 1.165) is 33.8 Å². The predicted molar refractivity (Wildman–Crippen MR) is 122 cm³/mol. The molecule has 0 unspecified atom stereocenters. The Morgan fingerprint density at radius 1 is 1.14 bits per heavy atom. The molecule has 1 aliphatic rings. The number of amides is 1. The van der Waals surface area contributed by atoms with Crippen LogP contribution in [0.2, 0.25) is 0 Å². The second-order valence-corrected chi connectivity index (χ2v) is 9.74. The molecule has 1 saturated heterocycles. The van der Waals surface area contributed by atoms with Gasteiger partial charge in [-0.2, -0.15) is 8.42 Å². The Hall–Kier alpha value is -2.16. The van der Waals surface area contributed by atoms with E-state index in [4.69, 9.17) is 0 Å². The molecule has 29 heavy (non-hydrogen) atoms. The molecule has 0 spiro atoms. The fourth-order valence-corrected chi connectivity index (χ4v) is 5.08. The third kappa shape index (κ3) is 5.07. The molecule has 0 bridgehead atoms. The Labute approximate surface area is 183 Å². The molecule has 0 aromatic heterocycles. The number of carbonyl (C=O) groups is 1. The van der Waals surface area contributed by atoms with Crippen molar-refractivity contribution in [3.8, 4) is 0 Å². The van der Waals surface area contributed by atoms with Gasteiger partial charge in [-0.3, -0.25) is 9.69 Å². The van der Waals surface area contributed by atoms with Gasteiger partial charge in [-0.1, -0.05) is 53.2 Å². The Morgan fingerprint density at radius 2 is 1.79 bits per heavy atom. The molecule has 8 heteroatoms. The number of rotatable bonds is 6. The van der Waals surface area contributed by atoms with Crippen molar-refractivity contribution >= 4 is 54.9 Å². The van der Waals surface area contributed by atoms with Crippen molar-refractivity contribution < 1.29 is 13.2 Å². The lowest BCUT2D eigenvalue weighted by Crippen LogP contribution is -2.29. The Morgan fingerprint density at radius 3 is 2.38 bits per heavy atom. The van der Waals surface area contributed by atoms with Gasteiger partial charge in [-0.15, -0.1) is 11.0 Å². The topological polar surface area (TPSA) is 66.8 Å². The van der Waals surface area contributed by atoms with Crippen LogP contribution in [0.15, 0.2) is 79.9 Å². The van der Waals surface area contributed by atoms with Gasteiger partial charge >= 0.3 is 0 Å². The van der Waals surface area contributed by atoms with Crippen molar-refractivity contribution in [3.63, 3.8) is 0 Å². The van der Waals surface area contributed by atoms with E-state index in [2.05, 4.69) is 26.9 Å². The largest absolute Gasteiger partial charge is 0.284 e. The van der Waals surface area contributed by atoms with Gasteiger partial charge in [-0.25, -0.2) is 0 Å². The molecule has 0 N–H and O–H groups in total. The summed E-state index contributed by atoms with van der Waals surface area (Å²) in [6, 6.07) is 14.1. The minimum absolute atomic E-state index is 0.0964. The summed E-state index contributed by atoms with van der Waals surface area (Å²) in [6.07, 6.45) is 4.08. The molecule has 1 amide bonds. The van der Waals surface area contributed by atoms with E-state index >= 15 is 0 Å². The van der Waals surface area contributed by atoms with Crippen LogP contribution in [0.25, 0.3) is 6.08 Å². The van der Waals surface area contributed by atoms with E-state index in [1.54, 1.807) is 24.3 Å². The van der Waals surface area contributed by atoms with Crippen LogP contribution < -0.4 is 0 Å². The lowest BCUT2D eigenvalue weighted by molar-refractivity contribution is -0.121. The van der Waals surface area contributed by atoms with E-state index in [1.165, 1.54) is 17.0 Å². The molecule has 0 atom stereocenters. The Balaban J connectivity index is 1.96. The number of hydrogen-bond acceptors (Lipinski definition) is 4. The van der Waals surface area contributed by atoms with Crippen LogP contribution in [0, 0.1) is 0 Å². The first kappa shape index (κ1) is 21.5. The first-order chi connectivity index (χ1) is 13.8. The number of nitrogens with zero attached hydrogens (tertiary/aromatic N) is 2. The van der Waals surface area contributed by atoms with Crippen molar-refractivity contribution in [2.45, 2.75) is 18.2 Å². The molecule has 5 nitrogen and oxygen atoms in total. The smallest absolute Gasteiger partial charge is 0.282 e. The number of hydrogen-bond donors (Lipinski definition) is 0. The highest BCUT2D eigenvalue weighted by Crippen LogP contribution is 2.33. The van der Waals surface area contributed by atoms with Gasteiger partial charge in [0.2, 0.25) is 0 Å². The molecule has 0 aliphatic carbocycles. The van der Waals surface area contributed by atoms with Crippen LogP contribution >= 0.6 is 27.7 Å². The number of sulfonamides is 1. The van der Waals surface area contributed by atoms with Crippen molar-refractivity contribution in [2.24, 2.45) is 4.40 Å². The van der Waals surface area contributed by atoms with Crippen molar-refractivity contribution in [1.29, 1.82) is 0 Å². The minimum Gasteiger partial charge on any atom is -0.282 e. The maximum absolute atomic E-state index is 12.8. The maximum Gasteiger partial charge on any atom is 0.284 e. The zero-order chi connectivity index (χ0) is 21.0. The van der Waals surface area contributed by atoms with Crippen LogP contribution in [0.5, 0.6) is 0 Å². The summed E-state index contributed by atoms with van der Waals surface area (Å²) < 4.78 is 30.4. The molecule has 2 aromatic carbocycles. The predicted octanol–water partition coefficient (Wildman–Crippen LogP) is 4.86. The molecule has 3 rings (SSSR count). The van der Waals surface area contributed by atoms with Gasteiger partial charge in [0.15, 0.2) is 5.17 Å². The third-order valence-corrected chi connectivity index (χ3v) is 7.13. The summed E-state index contributed by atoms with van der Waals surface area (Å²) in [5.41, 5.74) is 1.87. The molecular weight excluding hydrogens is 472 g/mol. The lowest BCUT2D eigenvalue weighted by atomic mass is 10.2. The summed E-state index contributed by atoms with van der Waals surface area (Å²) >= 11 is 4.42. The lowest BCUT2D eigenvalue weighted by Gasteiger charge is -2.12. The van der Waals surface area contributed by atoms with E-state index in [0.29, 0.717) is 4.91 Å². The van der Waals surface area contributed by atoms with Crippen LogP contribution in [-0.4, -0.2) is 30.9 Å². The highest BCUT2D eigenvalue weighted by Gasteiger charge is 2.34. The second-order valence-electron chi connectivity index (χ2n) is 6.21. The number of carbonyl (C=O) groups excluding carboxylic acids is 1. The molecule has 1 heterocycles. The zero-order valence-electron chi connectivity index (χ0n) is 15.7. The summed E-state index contributed by atoms with van der Waals surface area (Å²) in [5.74, 6) is -0.298. The molecule has 1 aliphatic heterocycles. The molecule has 0 radical (unpaired) electrons. The molecule has 150 valence electrons. The van der Waals surface area contributed by atoms with Crippen molar-refractivity contribution in [3.05, 3.63) is 81.7 Å². The van der Waals surface area contributed by atoms with E-state index in [-0.39, 0.29) is 22.5 Å². The molecule has 2 aromatic rings. The van der Waals surface area contributed by atoms with E-state index in [9.17, 15) is 13.2 Å². The van der Waals surface area contributed by atoms with Gasteiger partial charge in [0, 0.05) is 11.0 Å². The first-order valence-electron chi connectivity index (χ1n) is 8.86. The van der Waals surface area contributed by atoms with Crippen LogP contribution in [0.1, 0.15) is 18.1 Å². The number of aryl methyl sites for hydroxylation is 1. The second kappa shape index (κ2) is 9.11. The molecular formula is C21H19BrN2O3S2. The number of thioether (sulfide) groups is 1. The van der Waals surface area contributed by atoms with Crippen molar-refractivity contribution in [1.82, 2.24) is 4.90 Å². The van der Waals surface area contributed by atoms with E-state index < -0.39 is 10.0 Å². The van der Waals surface area contributed by atoms with Crippen molar-refractivity contribution in [2.75, 3.05) is 6.54 Å². The van der Waals surface area contributed by atoms with Gasteiger partial charge in [0.05, 0.1) is 9.80 Å². The Kier molecular flexibility index (Phi) is 6.77. The highest BCUT2D eigenvalue weighted by atomic mass is 79.9. The molecule has 0 saturated carbocycles. The monoisotopic (exact) mass is 490 g/mol. The average molecular weight is 491 g/mol.